The van der Waals surface area contributed by atoms with Crippen LogP contribution >= 0.6 is 0 Å². The lowest BCUT2D eigenvalue weighted by atomic mass is 9.96. The Morgan fingerprint density at radius 3 is 2.58 bits per heavy atom. The summed E-state index contributed by atoms with van der Waals surface area (Å²) in [5.74, 6) is 0.974. The van der Waals surface area contributed by atoms with Crippen molar-refractivity contribution in [3.05, 3.63) is 65.5 Å². The molecule has 31 heavy (non-hydrogen) atoms. The largest absolute Gasteiger partial charge is 0.421 e. The molecule has 0 spiro atoms. The number of amides is 1. The zero-order valence-corrected chi connectivity index (χ0v) is 16.5. The number of fused-ring (bicyclic) bond motifs is 1. The Balaban J connectivity index is 1.22. The maximum Gasteiger partial charge on any atom is 0.360 e. The van der Waals surface area contributed by atoms with E-state index in [2.05, 4.69) is 30.5 Å². The summed E-state index contributed by atoms with van der Waals surface area (Å²) in [5, 5.41) is 16.0. The highest BCUT2D eigenvalue weighted by atomic mass is 16.4. The summed E-state index contributed by atoms with van der Waals surface area (Å²) in [6.07, 6.45) is 4.30. The molecular weight excluding hydrogens is 398 g/mol. The molecule has 4 heterocycles. The Morgan fingerprint density at radius 2 is 1.84 bits per heavy atom. The minimum Gasteiger partial charge on any atom is -0.421 e. The Labute approximate surface area is 176 Å². The molecule has 10 nitrogen and oxygen atoms in total. The van der Waals surface area contributed by atoms with Gasteiger partial charge >= 0.3 is 5.63 Å². The van der Waals surface area contributed by atoms with Crippen LogP contribution in [0.4, 0.5) is 11.5 Å². The van der Waals surface area contributed by atoms with Gasteiger partial charge in [-0.1, -0.05) is 18.2 Å². The van der Waals surface area contributed by atoms with E-state index in [0.717, 1.165) is 11.2 Å². The molecule has 0 bridgehead atoms. The van der Waals surface area contributed by atoms with Gasteiger partial charge in [-0.2, -0.15) is 5.10 Å². The molecule has 5 rings (SSSR count). The quantitative estimate of drug-likeness (QED) is 0.501. The number of para-hydroxylation sites is 1. The predicted molar refractivity (Wildman–Crippen MR) is 113 cm³/mol. The van der Waals surface area contributed by atoms with Crippen molar-refractivity contribution in [1.29, 1.82) is 0 Å². The molecule has 0 atom stereocenters. The Kier molecular flexibility index (Phi) is 4.87. The molecule has 3 aromatic heterocycles. The summed E-state index contributed by atoms with van der Waals surface area (Å²) in [6.45, 7) is 1.34. The van der Waals surface area contributed by atoms with Crippen molar-refractivity contribution in [2.45, 2.75) is 12.8 Å². The summed E-state index contributed by atoms with van der Waals surface area (Å²) in [6, 6.07) is 12.6. The van der Waals surface area contributed by atoms with Gasteiger partial charge in [0, 0.05) is 24.4 Å². The fourth-order valence-electron chi connectivity index (χ4n) is 3.69. The lowest BCUT2D eigenvalue weighted by Crippen LogP contribution is -2.39. The molecule has 0 unspecified atom stereocenters. The number of carbonyl (C=O) groups excluding carboxylic acids is 1. The van der Waals surface area contributed by atoms with Gasteiger partial charge in [0.15, 0.2) is 11.6 Å². The van der Waals surface area contributed by atoms with Crippen molar-refractivity contribution in [2.75, 3.05) is 23.3 Å². The lowest BCUT2D eigenvalue weighted by Gasteiger charge is -2.31. The van der Waals surface area contributed by atoms with E-state index in [-0.39, 0.29) is 17.5 Å². The lowest BCUT2D eigenvalue weighted by molar-refractivity contribution is -0.120. The van der Waals surface area contributed by atoms with Crippen molar-refractivity contribution < 1.29 is 9.21 Å². The van der Waals surface area contributed by atoms with Gasteiger partial charge in [-0.05, 0) is 37.1 Å². The van der Waals surface area contributed by atoms with Crippen LogP contribution in [0, 0.1) is 5.92 Å². The molecule has 1 aromatic carbocycles. The van der Waals surface area contributed by atoms with Gasteiger partial charge in [0.2, 0.25) is 5.91 Å². The highest BCUT2D eigenvalue weighted by molar-refractivity contribution is 5.94. The van der Waals surface area contributed by atoms with Crippen LogP contribution < -0.4 is 15.8 Å². The number of anilines is 2. The van der Waals surface area contributed by atoms with E-state index < -0.39 is 5.63 Å². The van der Waals surface area contributed by atoms with Crippen LogP contribution in [0.2, 0.25) is 0 Å². The molecule has 4 aromatic rings. The normalized spacial score (nSPS) is 14.6. The monoisotopic (exact) mass is 417 g/mol. The first kappa shape index (κ1) is 18.9. The topological polar surface area (TPSA) is 119 Å². The van der Waals surface area contributed by atoms with Crippen molar-refractivity contribution in [3.8, 4) is 5.82 Å². The summed E-state index contributed by atoms with van der Waals surface area (Å²) in [7, 11) is 0. The zero-order chi connectivity index (χ0) is 21.2. The molecule has 1 fully saturated rings. The van der Waals surface area contributed by atoms with Gasteiger partial charge in [-0.15, -0.1) is 10.2 Å². The number of piperidine rings is 1. The highest BCUT2D eigenvalue weighted by Gasteiger charge is 2.26. The van der Waals surface area contributed by atoms with Gasteiger partial charge in [0.25, 0.3) is 0 Å². The van der Waals surface area contributed by atoms with Gasteiger partial charge in [-0.25, -0.2) is 14.5 Å². The van der Waals surface area contributed by atoms with E-state index in [1.807, 2.05) is 24.3 Å². The van der Waals surface area contributed by atoms with Crippen LogP contribution in [0.15, 0.2) is 64.3 Å². The fraction of sp³-hybridized carbons (Fsp3) is 0.238. The van der Waals surface area contributed by atoms with Crippen LogP contribution in [0.25, 0.3) is 16.8 Å². The van der Waals surface area contributed by atoms with Gasteiger partial charge in [-0.3, -0.25) is 4.79 Å². The van der Waals surface area contributed by atoms with Crippen molar-refractivity contribution >= 4 is 28.4 Å². The van der Waals surface area contributed by atoms with Crippen molar-refractivity contribution in [2.24, 2.45) is 5.92 Å². The van der Waals surface area contributed by atoms with Crippen LogP contribution in [-0.4, -0.2) is 44.0 Å². The van der Waals surface area contributed by atoms with Crippen molar-refractivity contribution in [1.82, 2.24) is 25.0 Å². The molecule has 156 valence electrons. The third-order valence-electron chi connectivity index (χ3n) is 5.38. The summed E-state index contributed by atoms with van der Waals surface area (Å²) < 4.78 is 6.83. The standard InChI is InChI=1S/C21H19N7O3/c29-20(24-16-11-15-3-1-2-4-17(15)31-21(16)30)14-7-9-27(10-8-14)18-5-6-19(26-25-18)28-13-22-12-23-28/h1-6,11-14H,7-10H2,(H,24,29). The van der Waals surface area contributed by atoms with Gasteiger partial charge < -0.3 is 14.6 Å². The number of hydrogen-bond acceptors (Lipinski definition) is 8. The van der Waals surface area contributed by atoms with E-state index in [4.69, 9.17) is 4.42 Å². The smallest absolute Gasteiger partial charge is 0.360 e. The maximum absolute atomic E-state index is 12.7. The zero-order valence-electron chi connectivity index (χ0n) is 16.5. The molecule has 1 amide bonds. The summed E-state index contributed by atoms with van der Waals surface area (Å²) in [4.78, 5) is 30.9. The number of rotatable bonds is 4. The van der Waals surface area contributed by atoms with Crippen molar-refractivity contribution in [3.63, 3.8) is 0 Å². The number of nitrogens with one attached hydrogen (secondary N) is 1. The van der Waals surface area contributed by atoms with E-state index in [9.17, 15) is 9.59 Å². The predicted octanol–water partition coefficient (Wildman–Crippen LogP) is 2.02. The molecule has 1 saturated heterocycles. The summed E-state index contributed by atoms with van der Waals surface area (Å²) >= 11 is 0. The van der Waals surface area contributed by atoms with Crippen LogP contribution in [0.3, 0.4) is 0 Å². The van der Waals surface area contributed by atoms with E-state index in [0.29, 0.717) is 37.3 Å². The van der Waals surface area contributed by atoms with E-state index >= 15 is 0 Å². The molecular formula is C21H19N7O3. The average molecular weight is 417 g/mol. The number of carbonyl (C=O) groups is 1. The van der Waals surface area contributed by atoms with E-state index in [1.54, 1.807) is 24.5 Å². The summed E-state index contributed by atoms with van der Waals surface area (Å²) in [5.41, 5.74) is 0.114. The van der Waals surface area contributed by atoms with E-state index in [1.165, 1.54) is 11.0 Å². The second kappa shape index (κ2) is 7.98. The SMILES string of the molecule is O=C(Nc1cc2ccccc2oc1=O)C1CCN(c2ccc(-n3cncn3)nn2)CC1. The van der Waals surface area contributed by atoms with Gasteiger partial charge in [0.05, 0.1) is 0 Å². The average Bonchev–Trinajstić information content (AvgIpc) is 3.35. The second-order valence-corrected chi connectivity index (χ2v) is 7.33. The third kappa shape index (κ3) is 3.87. The number of nitrogens with zero attached hydrogens (tertiary/aromatic N) is 6. The first-order valence-electron chi connectivity index (χ1n) is 9.95. The molecule has 10 heteroatoms. The van der Waals surface area contributed by atoms with Crippen LogP contribution in [0.5, 0.6) is 0 Å². The van der Waals surface area contributed by atoms with Crippen LogP contribution in [0.1, 0.15) is 12.8 Å². The first-order chi connectivity index (χ1) is 15.2. The van der Waals surface area contributed by atoms with Gasteiger partial charge in [0.1, 0.15) is 23.9 Å². The number of hydrogen-bond donors (Lipinski definition) is 1. The second-order valence-electron chi connectivity index (χ2n) is 7.33. The number of aromatic nitrogens is 5. The highest BCUT2D eigenvalue weighted by Crippen LogP contribution is 2.23. The minimum atomic E-state index is -0.549. The van der Waals surface area contributed by atoms with Crippen LogP contribution in [-0.2, 0) is 4.79 Å². The minimum absolute atomic E-state index is 0.167. The Hall–Kier alpha value is -4.08. The molecule has 1 aliphatic rings. The Morgan fingerprint density at radius 1 is 1.06 bits per heavy atom. The molecule has 1 N–H and O–H groups in total. The maximum atomic E-state index is 12.7. The molecule has 0 saturated carbocycles. The Bertz CT molecular complexity index is 1260. The third-order valence-corrected chi connectivity index (χ3v) is 5.38. The molecule has 1 aliphatic heterocycles. The molecule has 0 radical (unpaired) electrons. The molecule has 0 aliphatic carbocycles. The number of benzene rings is 1. The fourth-order valence-corrected chi connectivity index (χ4v) is 3.69. The first-order valence-corrected chi connectivity index (χ1v) is 9.95.